The molecule has 2 aromatic carbocycles. The van der Waals surface area contributed by atoms with E-state index in [0.29, 0.717) is 6.04 Å². The predicted octanol–water partition coefficient (Wildman–Crippen LogP) is 4.07. The number of anilines is 2. The Morgan fingerprint density at radius 1 is 0.950 bits per heavy atom. The second kappa shape index (κ2) is 4.86. The summed E-state index contributed by atoms with van der Waals surface area (Å²) in [4.78, 5) is 2.61. The van der Waals surface area contributed by atoms with E-state index in [1.54, 1.807) is 0 Å². The van der Waals surface area contributed by atoms with Crippen molar-refractivity contribution in [2.75, 3.05) is 23.3 Å². The highest BCUT2D eigenvalue weighted by Crippen LogP contribution is 2.41. The Hall–Kier alpha value is -1.96. The van der Waals surface area contributed by atoms with Crippen LogP contribution in [0.3, 0.4) is 0 Å². The van der Waals surface area contributed by atoms with Gasteiger partial charge in [0.25, 0.3) is 0 Å². The minimum atomic E-state index is 0.451. The van der Waals surface area contributed by atoms with Crippen LogP contribution in [0.15, 0.2) is 54.6 Å². The van der Waals surface area contributed by atoms with Crippen molar-refractivity contribution in [3.8, 4) is 0 Å². The zero-order valence-electron chi connectivity index (χ0n) is 11.6. The molecule has 2 heteroatoms. The lowest BCUT2D eigenvalue weighted by Gasteiger charge is -2.40. The second-order valence-corrected chi connectivity index (χ2v) is 5.92. The molecule has 1 saturated carbocycles. The summed E-state index contributed by atoms with van der Waals surface area (Å²) in [6.45, 7) is 2.19. The molecule has 1 N–H and O–H groups in total. The van der Waals surface area contributed by atoms with Crippen LogP contribution in [-0.4, -0.2) is 13.1 Å². The van der Waals surface area contributed by atoms with Crippen LogP contribution in [0.2, 0.25) is 0 Å². The monoisotopic (exact) mass is 264 g/mol. The summed E-state index contributed by atoms with van der Waals surface area (Å²) in [5.74, 6) is 0.896. The second-order valence-electron chi connectivity index (χ2n) is 5.92. The molecule has 1 aliphatic heterocycles. The maximum atomic E-state index is 3.59. The third-order valence-corrected chi connectivity index (χ3v) is 4.41. The quantitative estimate of drug-likeness (QED) is 0.899. The van der Waals surface area contributed by atoms with Gasteiger partial charge in [0.1, 0.15) is 0 Å². The molecule has 0 amide bonds. The highest BCUT2D eigenvalue weighted by molar-refractivity contribution is 5.73. The number of nitrogens with one attached hydrogen (secondary N) is 1. The van der Waals surface area contributed by atoms with E-state index in [9.17, 15) is 0 Å². The maximum absolute atomic E-state index is 3.59. The van der Waals surface area contributed by atoms with Gasteiger partial charge in [0.05, 0.1) is 17.4 Å². The Kier molecular flexibility index (Phi) is 2.87. The Morgan fingerprint density at radius 2 is 1.70 bits per heavy atom. The smallest absolute Gasteiger partial charge is 0.0715 e. The summed E-state index contributed by atoms with van der Waals surface area (Å²) < 4.78 is 0. The first-order chi connectivity index (χ1) is 9.92. The molecule has 1 heterocycles. The van der Waals surface area contributed by atoms with E-state index >= 15 is 0 Å². The van der Waals surface area contributed by atoms with Gasteiger partial charge in [-0.25, -0.2) is 0 Å². The van der Waals surface area contributed by atoms with Crippen molar-refractivity contribution in [1.29, 1.82) is 0 Å². The molecule has 1 aliphatic carbocycles. The lowest BCUT2D eigenvalue weighted by molar-refractivity contribution is 0.602. The summed E-state index contributed by atoms with van der Waals surface area (Å²) in [6, 6.07) is 20.0. The van der Waals surface area contributed by atoms with Gasteiger partial charge in [-0.15, -0.1) is 0 Å². The number of hydrogen-bond acceptors (Lipinski definition) is 2. The molecule has 2 nitrogen and oxygen atoms in total. The van der Waals surface area contributed by atoms with Crippen molar-refractivity contribution in [3.05, 3.63) is 60.2 Å². The molecule has 4 rings (SSSR count). The molecule has 1 unspecified atom stereocenters. The molecule has 0 radical (unpaired) electrons. The van der Waals surface area contributed by atoms with Gasteiger partial charge in [-0.3, -0.25) is 0 Å². The van der Waals surface area contributed by atoms with E-state index in [-0.39, 0.29) is 0 Å². The molecule has 2 aromatic rings. The van der Waals surface area contributed by atoms with Crippen molar-refractivity contribution >= 4 is 11.4 Å². The van der Waals surface area contributed by atoms with E-state index in [1.165, 1.54) is 36.3 Å². The zero-order chi connectivity index (χ0) is 13.4. The van der Waals surface area contributed by atoms with E-state index in [1.807, 2.05) is 0 Å². The molecule has 0 aromatic heterocycles. The number of fused-ring (bicyclic) bond motifs is 1. The van der Waals surface area contributed by atoms with Gasteiger partial charge >= 0.3 is 0 Å². The first kappa shape index (κ1) is 11.8. The highest BCUT2D eigenvalue weighted by Gasteiger charge is 2.32. The molecular weight excluding hydrogens is 244 g/mol. The summed E-state index contributed by atoms with van der Waals surface area (Å²) in [5.41, 5.74) is 4.05. The van der Waals surface area contributed by atoms with Crippen LogP contribution in [-0.2, 0) is 0 Å². The molecule has 20 heavy (non-hydrogen) atoms. The number of para-hydroxylation sites is 2. The van der Waals surface area contributed by atoms with Crippen molar-refractivity contribution in [3.63, 3.8) is 0 Å². The first-order valence-corrected chi connectivity index (χ1v) is 7.56. The van der Waals surface area contributed by atoms with Crippen molar-refractivity contribution < 1.29 is 0 Å². The van der Waals surface area contributed by atoms with Crippen LogP contribution in [0, 0.1) is 5.92 Å². The average molecular weight is 264 g/mol. The number of rotatable bonds is 3. The van der Waals surface area contributed by atoms with Gasteiger partial charge in [-0.2, -0.15) is 0 Å². The summed E-state index contributed by atoms with van der Waals surface area (Å²) in [6.07, 6.45) is 2.79. The SMILES string of the molecule is c1ccc(C2CNc3ccccc3N2CC2CC2)cc1. The number of nitrogens with zero attached hydrogens (tertiary/aromatic N) is 1. The third kappa shape index (κ3) is 2.15. The van der Waals surface area contributed by atoms with Crippen LogP contribution in [0.4, 0.5) is 11.4 Å². The van der Waals surface area contributed by atoms with E-state index in [0.717, 1.165) is 12.5 Å². The standard InChI is InChI=1S/C18H20N2/c1-2-6-15(7-3-1)18-12-19-16-8-4-5-9-17(16)20(18)13-14-10-11-14/h1-9,14,18-19H,10-13H2. The highest BCUT2D eigenvalue weighted by atomic mass is 15.2. The molecule has 0 bridgehead atoms. The van der Waals surface area contributed by atoms with Crippen molar-refractivity contribution in [2.24, 2.45) is 5.92 Å². The van der Waals surface area contributed by atoms with Crippen LogP contribution < -0.4 is 10.2 Å². The fraction of sp³-hybridized carbons (Fsp3) is 0.333. The Bertz CT molecular complexity index is 589. The molecule has 2 aliphatic rings. The molecule has 1 atom stereocenters. The molecule has 0 spiro atoms. The van der Waals surface area contributed by atoms with Crippen LogP contribution in [0.1, 0.15) is 24.4 Å². The topological polar surface area (TPSA) is 15.3 Å². The summed E-state index contributed by atoms with van der Waals surface area (Å²) in [7, 11) is 0. The lowest BCUT2D eigenvalue weighted by Crippen LogP contribution is -2.38. The molecule has 0 saturated heterocycles. The number of hydrogen-bond donors (Lipinski definition) is 1. The third-order valence-electron chi connectivity index (χ3n) is 4.41. The van der Waals surface area contributed by atoms with Gasteiger partial charge in [-0.1, -0.05) is 42.5 Å². The largest absolute Gasteiger partial charge is 0.381 e. The van der Waals surface area contributed by atoms with E-state index in [4.69, 9.17) is 0 Å². The number of benzene rings is 2. The summed E-state index contributed by atoms with van der Waals surface area (Å²) in [5, 5.41) is 3.59. The van der Waals surface area contributed by atoms with Gasteiger partial charge in [0.2, 0.25) is 0 Å². The lowest BCUT2D eigenvalue weighted by atomic mass is 10.0. The van der Waals surface area contributed by atoms with Crippen molar-refractivity contribution in [1.82, 2.24) is 0 Å². The molecule has 1 fully saturated rings. The predicted molar refractivity (Wildman–Crippen MR) is 84.2 cm³/mol. The van der Waals surface area contributed by atoms with Crippen LogP contribution >= 0.6 is 0 Å². The van der Waals surface area contributed by atoms with Gasteiger partial charge < -0.3 is 10.2 Å². The van der Waals surface area contributed by atoms with Gasteiger partial charge in [0.15, 0.2) is 0 Å². The minimum Gasteiger partial charge on any atom is -0.381 e. The average Bonchev–Trinajstić information content (AvgIpc) is 3.33. The minimum absolute atomic E-state index is 0.451. The normalized spacial score (nSPS) is 21.2. The summed E-state index contributed by atoms with van der Waals surface area (Å²) >= 11 is 0. The maximum Gasteiger partial charge on any atom is 0.0715 e. The Morgan fingerprint density at radius 3 is 2.50 bits per heavy atom. The Balaban J connectivity index is 1.72. The fourth-order valence-corrected chi connectivity index (χ4v) is 3.14. The molecule has 102 valence electrons. The van der Waals surface area contributed by atoms with Crippen LogP contribution in [0.5, 0.6) is 0 Å². The fourth-order valence-electron chi connectivity index (χ4n) is 3.14. The first-order valence-electron chi connectivity index (χ1n) is 7.56. The van der Waals surface area contributed by atoms with Crippen LogP contribution in [0.25, 0.3) is 0 Å². The molecular formula is C18H20N2. The van der Waals surface area contributed by atoms with E-state index in [2.05, 4.69) is 64.8 Å². The van der Waals surface area contributed by atoms with E-state index < -0.39 is 0 Å². The Labute approximate surface area is 120 Å². The zero-order valence-corrected chi connectivity index (χ0v) is 11.6. The van der Waals surface area contributed by atoms with Gasteiger partial charge in [-0.05, 0) is 36.5 Å². The van der Waals surface area contributed by atoms with Crippen molar-refractivity contribution in [2.45, 2.75) is 18.9 Å². The van der Waals surface area contributed by atoms with Gasteiger partial charge in [0, 0.05) is 13.1 Å².